The molecule has 7 aromatic heterocycles. The first-order valence-electron chi connectivity index (χ1n) is 27.2. The predicted octanol–water partition coefficient (Wildman–Crippen LogP) is 12.8. The Morgan fingerprint density at radius 1 is 0.274 bits per heavy atom. The van der Waals surface area contributed by atoms with Crippen molar-refractivity contribution in [3.05, 3.63) is 198 Å². The second-order valence-electron chi connectivity index (χ2n) is 20.6. The van der Waals surface area contributed by atoms with Gasteiger partial charge >= 0.3 is 0 Å². The van der Waals surface area contributed by atoms with Crippen LogP contribution in [0.3, 0.4) is 0 Å². The summed E-state index contributed by atoms with van der Waals surface area (Å²) in [5.74, 6) is 8.36. The molecule has 0 unspecified atom stereocenters. The van der Waals surface area contributed by atoms with Crippen molar-refractivity contribution >= 4 is 43.6 Å². The molecule has 14 rings (SSSR count). The fraction of sp³-hybridized carbons (Fsp3) is 0.121. The fourth-order valence-electron chi connectivity index (χ4n) is 11.2. The topological polar surface area (TPSA) is 227 Å². The van der Waals surface area contributed by atoms with Gasteiger partial charge in [0, 0.05) is 60.5 Å². The number of hydrogen-bond acceptors (Lipinski definition) is 16. The van der Waals surface area contributed by atoms with Gasteiger partial charge in [0.15, 0.2) is 40.8 Å². The van der Waals surface area contributed by atoms with E-state index in [4.69, 9.17) is 54.8 Å². The number of hydrogen-bond donors (Lipinski definition) is 0. The number of nitrogens with zero attached hydrogens (tertiary/aromatic N) is 18. The van der Waals surface area contributed by atoms with Crippen molar-refractivity contribution in [1.29, 1.82) is 5.26 Å². The van der Waals surface area contributed by atoms with Gasteiger partial charge in [-0.25, -0.2) is 74.8 Å². The van der Waals surface area contributed by atoms with Gasteiger partial charge in [0.05, 0.1) is 45.1 Å². The third-order valence-corrected chi connectivity index (χ3v) is 14.7. The Bertz CT molecular complexity index is 4730. The highest BCUT2D eigenvalue weighted by molar-refractivity contribution is 6.14. The van der Waals surface area contributed by atoms with Gasteiger partial charge in [-0.15, -0.1) is 0 Å². The van der Waals surface area contributed by atoms with Gasteiger partial charge in [0.25, 0.3) is 0 Å². The van der Waals surface area contributed by atoms with Crippen molar-refractivity contribution in [3.8, 4) is 97.2 Å². The van der Waals surface area contributed by atoms with Crippen LogP contribution in [0.5, 0.6) is 0 Å². The van der Waals surface area contributed by atoms with Crippen molar-refractivity contribution in [1.82, 2.24) is 83.9 Å². The molecule has 7 aromatic carbocycles. The van der Waals surface area contributed by atoms with Crippen LogP contribution >= 0.6 is 0 Å². The van der Waals surface area contributed by atoms with Crippen LogP contribution in [0, 0.1) is 66.7 Å². The SMILES string of the molecule is Cc1nc(C)nc(-c2ccc3c(c2)c2cc(-c4nc(C)nc(C)n4)ccc2n3-c2cc(C#N)c(-c3nc(-c4ccccc4)nc(-c4ccccc4)n3)cc2-n2c3ccc(-c4nc(C)nc(C)n4)cc3c3cc(-c4nc(C)nc(C)n4)ccc32)n1. The molecule has 0 radical (unpaired) electrons. The number of aromatic nitrogens is 17. The molecule has 0 aliphatic heterocycles. The monoisotopic (exact) mass is 1090 g/mol. The Balaban J connectivity index is 1.12. The van der Waals surface area contributed by atoms with E-state index in [2.05, 4.69) is 83.7 Å². The lowest BCUT2D eigenvalue weighted by Crippen LogP contribution is -2.07. The second kappa shape index (κ2) is 20.0. The minimum Gasteiger partial charge on any atom is -0.307 e. The number of aryl methyl sites for hydroxylation is 8. The number of benzene rings is 7. The first-order valence-corrected chi connectivity index (χ1v) is 27.2. The molecule has 0 aliphatic carbocycles. The summed E-state index contributed by atoms with van der Waals surface area (Å²) in [5.41, 5.74) is 10.4. The van der Waals surface area contributed by atoms with Crippen LogP contribution in [-0.4, -0.2) is 83.9 Å². The first kappa shape index (κ1) is 50.9. The van der Waals surface area contributed by atoms with Gasteiger partial charge in [0.1, 0.15) is 46.6 Å². The zero-order valence-electron chi connectivity index (χ0n) is 46.9. The molecule has 0 saturated heterocycles. The van der Waals surface area contributed by atoms with E-state index >= 15 is 0 Å². The van der Waals surface area contributed by atoms with Crippen molar-refractivity contribution in [2.24, 2.45) is 0 Å². The Kier molecular flexibility index (Phi) is 12.1. The lowest BCUT2D eigenvalue weighted by atomic mass is 10.0. The van der Waals surface area contributed by atoms with Gasteiger partial charge in [-0.1, -0.05) is 60.7 Å². The van der Waals surface area contributed by atoms with E-state index in [9.17, 15) is 5.26 Å². The van der Waals surface area contributed by atoms with Crippen LogP contribution in [0.4, 0.5) is 0 Å². The molecule has 18 nitrogen and oxygen atoms in total. The zero-order valence-corrected chi connectivity index (χ0v) is 46.9. The standard InChI is InChI=1S/C66H48N18/c1-34-68-35(2)73-62(72-34)44-19-23-54-50(27-44)51-28-45(63-74-36(3)69-37(4)75-63)20-24-55(51)83(54)58-31-48(33-67)49(66-81-60(42-15-11-9-12-16-42)80-61(82-66)43-17-13-10-14-18-43)32-59(58)84-56-25-21-46(64-76-38(5)70-39(6)77-64)29-52(56)53-30-47(22-26-57(53)84)65-78-40(7)71-41(8)79-65/h9-32H,1-8H3. The first-order chi connectivity index (χ1) is 40.8. The third kappa shape index (κ3) is 9.05. The largest absolute Gasteiger partial charge is 0.307 e. The lowest BCUT2D eigenvalue weighted by Gasteiger charge is -2.19. The van der Waals surface area contributed by atoms with Crippen LogP contribution < -0.4 is 0 Å². The Labute approximate surface area is 480 Å². The Morgan fingerprint density at radius 3 is 0.845 bits per heavy atom. The summed E-state index contributed by atoms with van der Waals surface area (Å²) in [5, 5.41) is 15.2. The summed E-state index contributed by atoms with van der Waals surface area (Å²) in [4.78, 5) is 71.8. The van der Waals surface area contributed by atoms with E-state index in [0.717, 1.165) is 77.0 Å². The maximum atomic E-state index is 11.6. The average molecular weight is 1090 g/mol. The maximum Gasteiger partial charge on any atom is 0.165 e. The van der Waals surface area contributed by atoms with E-state index in [1.807, 2.05) is 152 Å². The van der Waals surface area contributed by atoms with Gasteiger partial charge in [-0.05, 0) is 140 Å². The van der Waals surface area contributed by atoms with Crippen molar-refractivity contribution in [3.63, 3.8) is 0 Å². The van der Waals surface area contributed by atoms with Crippen LogP contribution in [0.25, 0.3) is 135 Å². The summed E-state index contributed by atoms with van der Waals surface area (Å²) < 4.78 is 4.47. The number of rotatable bonds is 9. The molecule has 402 valence electrons. The summed E-state index contributed by atoms with van der Waals surface area (Å²) in [7, 11) is 0. The second-order valence-corrected chi connectivity index (χ2v) is 20.6. The molecule has 0 spiro atoms. The van der Waals surface area contributed by atoms with E-state index in [-0.39, 0.29) is 0 Å². The minimum atomic E-state index is 0.320. The molecule has 0 amide bonds. The maximum absolute atomic E-state index is 11.6. The third-order valence-electron chi connectivity index (χ3n) is 14.7. The molecule has 0 fully saturated rings. The molecule has 7 heterocycles. The Hall–Kier alpha value is -11.3. The predicted molar refractivity (Wildman–Crippen MR) is 323 cm³/mol. The van der Waals surface area contributed by atoms with E-state index in [0.29, 0.717) is 110 Å². The summed E-state index contributed by atoms with van der Waals surface area (Å²) in [6.07, 6.45) is 0. The van der Waals surface area contributed by atoms with Gasteiger partial charge in [-0.3, -0.25) is 0 Å². The van der Waals surface area contributed by atoms with Crippen LogP contribution in [0.1, 0.15) is 52.2 Å². The fourth-order valence-corrected chi connectivity index (χ4v) is 11.2. The highest BCUT2D eigenvalue weighted by Crippen LogP contribution is 2.44. The van der Waals surface area contributed by atoms with Crippen LogP contribution in [0.15, 0.2) is 146 Å². The van der Waals surface area contributed by atoms with E-state index < -0.39 is 0 Å². The molecule has 0 aliphatic rings. The van der Waals surface area contributed by atoms with Crippen LogP contribution in [-0.2, 0) is 0 Å². The van der Waals surface area contributed by atoms with Crippen LogP contribution in [0.2, 0.25) is 0 Å². The molecule has 14 aromatic rings. The quantitative estimate of drug-likeness (QED) is 0.131. The van der Waals surface area contributed by atoms with E-state index in [1.165, 1.54) is 0 Å². The Morgan fingerprint density at radius 2 is 0.548 bits per heavy atom. The summed E-state index contributed by atoms with van der Waals surface area (Å²) in [6, 6.07) is 51.2. The summed E-state index contributed by atoms with van der Waals surface area (Å²) >= 11 is 0. The zero-order chi connectivity index (χ0) is 57.5. The molecule has 84 heavy (non-hydrogen) atoms. The highest BCUT2D eigenvalue weighted by atomic mass is 15.1. The van der Waals surface area contributed by atoms with Crippen molar-refractivity contribution in [2.45, 2.75) is 55.4 Å². The van der Waals surface area contributed by atoms with Gasteiger partial charge in [0.2, 0.25) is 0 Å². The molecule has 18 heteroatoms. The summed E-state index contributed by atoms with van der Waals surface area (Å²) in [6.45, 7) is 15.0. The molecule has 0 atom stereocenters. The smallest absolute Gasteiger partial charge is 0.165 e. The highest BCUT2D eigenvalue weighted by Gasteiger charge is 2.26. The van der Waals surface area contributed by atoms with E-state index in [1.54, 1.807) is 0 Å². The molecule has 0 saturated carbocycles. The minimum absolute atomic E-state index is 0.320. The van der Waals surface area contributed by atoms with Crippen molar-refractivity contribution < 1.29 is 0 Å². The average Bonchev–Trinajstić information content (AvgIpc) is 2.13. The molecule has 0 N–H and O–H groups in total. The normalized spacial score (nSPS) is 11.6. The lowest BCUT2D eigenvalue weighted by molar-refractivity contribution is 0.928. The van der Waals surface area contributed by atoms with Gasteiger partial charge < -0.3 is 9.13 Å². The number of nitriles is 1. The number of fused-ring (bicyclic) bond motifs is 6. The van der Waals surface area contributed by atoms with Crippen molar-refractivity contribution in [2.75, 3.05) is 0 Å². The molecule has 0 bridgehead atoms. The molecular formula is C66H48N18. The van der Waals surface area contributed by atoms with Gasteiger partial charge in [-0.2, -0.15) is 5.26 Å². The molecular weight excluding hydrogens is 1040 g/mol.